The summed E-state index contributed by atoms with van der Waals surface area (Å²) in [6.07, 6.45) is 3.77. The molecule has 5 rings (SSSR count). The number of aromatic carboxylic acids is 1. The maximum absolute atomic E-state index is 11.8. The Kier molecular flexibility index (Phi) is 5.72. The van der Waals surface area contributed by atoms with Crippen LogP contribution in [0.15, 0.2) is 97.3 Å². The minimum atomic E-state index is -0.940. The molecule has 2 heterocycles. The molecule has 1 aliphatic rings. The van der Waals surface area contributed by atoms with Crippen molar-refractivity contribution >= 4 is 11.7 Å². The molecule has 33 heavy (non-hydrogen) atoms. The number of aromatic nitrogens is 1. The number of ether oxygens (including phenoxy) is 2. The Morgan fingerprint density at radius 1 is 0.848 bits per heavy atom. The first-order valence-electron chi connectivity index (χ1n) is 10.9. The van der Waals surface area contributed by atoms with Crippen molar-refractivity contribution in [2.24, 2.45) is 0 Å². The molecule has 0 radical (unpaired) electrons. The van der Waals surface area contributed by atoms with Gasteiger partial charge in [-0.3, -0.25) is 0 Å². The van der Waals surface area contributed by atoms with Crippen molar-refractivity contribution in [2.45, 2.75) is 12.7 Å². The van der Waals surface area contributed by atoms with Crippen molar-refractivity contribution < 1.29 is 19.4 Å². The van der Waals surface area contributed by atoms with Crippen LogP contribution in [0.5, 0.6) is 11.5 Å². The number of hydrogen-bond donors (Lipinski definition) is 1. The predicted molar refractivity (Wildman–Crippen MR) is 127 cm³/mol. The van der Waals surface area contributed by atoms with Gasteiger partial charge in [0.2, 0.25) is 0 Å². The van der Waals surface area contributed by atoms with Gasteiger partial charge in [-0.2, -0.15) is 0 Å². The van der Waals surface area contributed by atoms with Gasteiger partial charge < -0.3 is 24.0 Å². The normalized spacial score (nSPS) is 13.4. The van der Waals surface area contributed by atoms with Crippen LogP contribution in [-0.4, -0.2) is 34.8 Å². The Bertz CT molecular complexity index is 1210. The highest BCUT2D eigenvalue weighted by atomic mass is 16.5. The molecule has 0 amide bonds. The number of carbonyl (C=O) groups is 1. The van der Waals surface area contributed by atoms with E-state index < -0.39 is 5.97 Å². The lowest BCUT2D eigenvalue weighted by Crippen LogP contribution is -2.54. The van der Waals surface area contributed by atoms with Crippen molar-refractivity contribution in [3.8, 4) is 17.2 Å². The van der Waals surface area contributed by atoms with E-state index in [9.17, 15) is 9.90 Å². The molecule has 1 aliphatic heterocycles. The number of rotatable bonds is 8. The predicted octanol–water partition coefficient (Wildman–Crippen LogP) is 5.02. The van der Waals surface area contributed by atoms with Crippen molar-refractivity contribution in [2.75, 3.05) is 18.0 Å². The molecule has 1 N–H and O–H groups in total. The van der Waals surface area contributed by atoms with Gasteiger partial charge in [-0.05, 0) is 54.1 Å². The van der Waals surface area contributed by atoms with E-state index in [1.54, 1.807) is 12.1 Å². The minimum absolute atomic E-state index is 0.0439. The summed E-state index contributed by atoms with van der Waals surface area (Å²) in [6.45, 7) is 1.88. The third kappa shape index (κ3) is 4.55. The van der Waals surface area contributed by atoms with E-state index in [4.69, 9.17) is 9.47 Å². The second-order valence-corrected chi connectivity index (χ2v) is 7.96. The molecule has 6 nitrogen and oxygen atoms in total. The molecule has 0 saturated carbocycles. The zero-order chi connectivity index (χ0) is 22.6. The SMILES string of the molecule is O=C(O)c1cccc(N2CC(Oc3ccc(COc4ccccc4)cc3)C2)c1-n1cccc1. The maximum Gasteiger partial charge on any atom is 0.337 e. The lowest BCUT2D eigenvalue weighted by molar-refractivity contribution is 0.0697. The third-order valence-electron chi connectivity index (χ3n) is 5.67. The van der Waals surface area contributed by atoms with Crippen LogP contribution in [0.2, 0.25) is 0 Å². The summed E-state index contributed by atoms with van der Waals surface area (Å²) in [7, 11) is 0. The van der Waals surface area contributed by atoms with Gasteiger partial charge in [0, 0.05) is 12.4 Å². The fourth-order valence-corrected chi connectivity index (χ4v) is 3.96. The lowest BCUT2D eigenvalue weighted by atomic mass is 10.1. The quantitative estimate of drug-likeness (QED) is 0.417. The molecule has 1 aromatic heterocycles. The number of carboxylic acid groups (broad SMARTS) is 1. The summed E-state index contributed by atoms with van der Waals surface area (Å²) in [5.74, 6) is 0.719. The Morgan fingerprint density at radius 3 is 2.27 bits per heavy atom. The number of anilines is 1. The molecule has 1 fully saturated rings. The molecule has 4 aromatic rings. The molecular weight excluding hydrogens is 416 g/mol. The molecule has 0 unspecified atom stereocenters. The van der Waals surface area contributed by atoms with Crippen molar-refractivity contribution in [1.29, 1.82) is 0 Å². The van der Waals surface area contributed by atoms with Crippen molar-refractivity contribution in [1.82, 2.24) is 4.57 Å². The minimum Gasteiger partial charge on any atom is -0.489 e. The fraction of sp³-hybridized carbons (Fsp3) is 0.148. The summed E-state index contributed by atoms with van der Waals surface area (Å²) < 4.78 is 13.8. The number of benzene rings is 3. The lowest BCUT2D eigenvalue weighted by Gasteiger charge is -2.41. The maximum atomic E-state index is 11.8. The van der Waals surface area contributed by atoms with E-state index in [1.165, 1.54) is 0 Å². The first-order chi connectivity index (χ1) is 16.2. The van der Waals surface area contributed by atoms with Gasteiger partial charge in [0.15, 0.2) is 0 Å². The summed E-state index contributed by atoms with van der Waals surface area (Å²) in [5, 5.41) is 9.67. The van der Waals surface area contributed by atoms with Gasteiger partial charge in [0.25, 0.3) is 0 Å². The van der Waals surface area contributed by atoms with Crippen molar-refractivity contribution in [3.05, 3.63) is 108 Å². The molecule has 0 atom stereocenters. The van der Waals surface area contributed by atoms with Gasteiger partial charge in [-0.25, -0.2) is 4.79 Å². The van der Waals surface area contributed by atoms with Crippen LogP contribution in [0.1, 0.15) is 15.9 Å². The number of nitrogens with zero attached hydrogens (tertiary/aromatic N) is 2. The van der Waals surface area contributed by atoms with Crippen LogP contribution in [-0.2, 0) is 6.61 Å². The summed E-state index contributed by atoms with van der Waals surface area (Å²) >= 11 is 0. The Morgan fingerprint density at radius 2 is 1.58 bits per heavy atom. The first kappa shape index (κ1) is 20.7. The van der Waals surface area contributed by atoms with E-state index in [2.05, 4.69) is 4.90 Å². The molecular formula is C27H24N2O4. The van der Waals surface area contributed by atoms with E-state index in [0.29, 0.717) is 25.4 Å². The monoisotopic (exact) mass is 440 g/mol. The van der Waals surface area contributed by atoms with Crippen molar-refractivity contribution in [3.63, 3.8) is 0 Å². The molecule has 1 saturated heterocycles. The summed E-state index contributed by atoms with van der Waals surface area (Å²) in [5.41, 5.74) is 2.92. The molecule has 6 heteroatoms. The Labute approximate surface area is 192 Å². The first-order valence-corrected chi connectivity index (χ1v) is 10.9. The highest BCUT2D eigenvalue weighted by molar-refractivity contribution is 5.95. The largest absolute Gasteiger partial charge is 0.489 e. The Hall–Kier alpha value is -4.19. The Balaban J connectivity index is 1.21. The van der Waals surface area contributed by atoms with E-state index in [-0.39, 0.29) is 11.7 Å². The van der Waals surface area contributed by atoms with E-state index >= 15 is 0 Å². The zero-order valence-electron chi connectivity index (χ0n) is 18.0. The number of carboxylic acids is 1. The topological polar surface area (TPSA) is 63.9 Å². The molecule has 0 spiro atoms. The van der Waals surface area contributed by atoms with Gasteiger partial charge in [-0.1, -0.05) is 36.4 Å². The molecule has 0 bridgehead atoms. The van der Waals surface area contributed by atoms with Crippen LogP contribution in [0.4, 0.5) is 5.69 Å². The highest BCUT2D eigenvalue weighted by Crippen LogP contribution is 2.32. The number of para-hydroxylation sites is 2. The number of hydrogen-bond acceptors (Lipinski definition) is 4. The standard InChI is InChI=1S/C27H24N2O4/c30-27(31)24-9-6-10-25(26(24)28-15-4-5-16-28)29-17-23(18-29)33-22-13-11-20(12-14-22)19-32-21-7-2-1-3-8-21/h1-16,23H,17-19H2,(H,30,31). The molecule has 3 aromatic carbocycles. The van der Waals surface area contributed by atoms with Gasteiger partial charge in [0.05, 0.1) is 30.0 Å². The summed E-state index contributed by atoms with van der Waals surface area (Å²) in [6, 6.07) is 26.8. The second kappa shape index (κ2) is 9.12. The van der Waals surface area contributed by atoms with Crippen LogP contribution >= 0.6 is 0 Å². The average Bonchev–Trinajstić information content (AvgIpc) is 3.35. The molecule has 166 valence electrons. The van der Waals surface area contributed by atoms with Gasteiger partial charge in [0.1, 0.15) is 24.2 Å². The van der Waals surface area contributed by atoms with Gasteiger partial charge in [-0.15, -0.1) is 0 Å². The fourth-order valence-electron chi connectivity index (χ4n) is 3.96. The third-order valence-corrected chi connectivity index (χ3v) is 5.67. The second-order valence-electron chi connectivity index (χ2n) is 7.96. The highest BCUT2D eigenvalue weighted by Gasteiger charge is 2.31. The van der Waals surface area contributed by atoms with Crippen LogP contribution in [0.3, 0.4) is 0 Å². The molecule has 0 aliphatic carbocycles. The average molecular weight is 440 g/mol. The smallest absolute Gasteiger partial charge is 0.337 e. The van der Waals surface area contributed by atoms with Crippen LogP contribution in [0.25, 0.3) is 5.69 Å². The van der Waals surface area contributed by atoms with Crippen LogP contribution < -0.4 is 14.4 Å². The van der Waals surface area contributed by atoms with E-state index in [1.807, 2.05) is 89.8 Å². The van der Waals surface area contributed by atoms with Gasteiger partial charge >= 0.3 is 5.97 Å². The summed E-state index contributed by atoms with van der Waals surface area (Å²) in [4.78, 5) is 13.9. The van der Waals surface area contributed by atoms with E-state index in [0.717, 1.165) is 22.7 Å². The van der Waals surface area contributed by atoms with Crippen LogP contribution in [0, 0.1) is 0 Å². The zero-order valence-corrected chi connectivity index (χ0v) is 18.0.